The van der Waals surface area contributed by atoms with Gasteiger partial charge in [0.1, 0.15) is 0 Å². The minimum Gasteiger partial charge on any atom is -0.166 e. The Balaban J connectivity index is 2.55. The van der Waals surface area contributed by atoms with Crippen LogP contribution in [0.1, 0.15) is 26.9 Å². The van der Waals surface area contributed by atoms with Crippen LogP contribution in [0.4, 0.5) is 13.2 Å². The number of benzene rings is 1. The van der Waals surface area contributed by atoms with Gasteiger partial charge < -0.3 is 0 Å². The maximum Gasteiger partial charge on any atom is 0.416 e. The van der Waals surface area contributed by atoms with Gasteiger partial charge in [-0.25, -0.2) is 0 Å². The summed E-state index contributed by atoms with van der Waals surface area (Å²) in [5.74, 6) is 0. The predicted molar refractivity (Wildman–Crippen MR) is 83.6 cm³/mol. The molecule has 0 saturated heterocycles. The van der Waals surface area contributed by atoms with Gasteiger partial charge in [-0.3, -0.25) is 0 Å². The topological polar surface area (TPSA) is 0 Å². The van der Waals surface area contributed by atoms with E-state index in [0.717, 1.165) is 14.7 Å². The molecule has 2 rings (SSSR count). The highest BCUT2D eigenvalue weighted by atomic mass is 79.9. The first-order valence-electron chi connectivity index (χ1n) is 5.46. The summed E-state index contributed by atoms with van der Waals surface area (Å²) in [4.78, 5) is 0.896. The molecular formula is C13H8Br2ClF3S. The number of alkyl halides is 4. The molecule has 0 saturated carbocycles. The Hall–Kier alpha value is -0.0400. The van der Waals surface area contributed by atoms with E-state index in [-0.39, 0.29) is 5.56 Å². The first kappa shape index (κ1) is 16.3. The van der Waals surface area contributed by atoms with Crippen LogP contribution >= 0.6 is 54.8 Å². The van der Waals surface area contributed by atoms with E-state index in [9.17, 15) is 13.2 Å². The van der Waals surface area contributed by atoms with Crippen LogP contribution in [-0.2, 0) is 6.18 Å². The number of halogens is 6. The van der Waals surface area contributed by atoms with Crippen LogP contribution < -0.4 is 0 Å². The van der Waals surface area contributed by atoms with Crippen LogP contribution in [-0.4, -0.2) is 0 Å². The summed E-state index contributed by atoms with van der Waals surface area (Å²) >= 11 is 14.1. The summed E-state index contributed by atoms with van der Waals surface area (Å²) in [6.45, 7) is 1.84. The maximum atomic E-state index is 13.1. The molecule has 1 aromatic carbocycles. The molecule has 0 radical (unpaired) electrons. The summed E-state index contributed by atoms with van der Waals surface area (Å²) in [6, 6.07) is 5.80. The third kappa shape index (κ3) is 3.40. The van der Waals surface area contributed by atoms with Gasteiger partial charge in [0, 0.05) is 9.35 Å². The highest BCUT2D eigenvalue weighted by Gasteiger charge is 2.35. The van der Waals surface area contributed by atoms with Crippen molar-refractivity contribution in [1.29, 1.82) is 0 Å². The zero-order chi connectivity index (χ0) is 15.1. The maximum absolute atomic E-state index is 13.1. The van der Waals surface area contributed by atoms with Gasteiger partial charge in [0.2, 0.25) is 0 Å². The lowest BCUT2D eigenvalue weighted by Gasteiger charge is -2.17. The van der Waals surface area contributed by atoms with Crippen LogP contribution in [0.2, 0.25) is 0 Å². The van der Waals surface area contributed by atoms with Gasteiger partial charge in [-0.2, -0.15) is 13.2 Å². The second kappa shape index (κ2) is 5.99. The van der Waals surface area contributed by atoms with Gasteiger partial charge in [-0.15, -0.1) is 22.9 Å². The number of rotatable bonds is 2. The van der Waals surface area contributed by atoms with Crippen molar-refractivity contribution in [2.24, 2.45) is 0 Å². The molecule has 0 nitrogen and oxygen atoms in total. The predicted octanol–water partition coefficient (Wildman–Crippen LogP) is 6.93. The minimum atomic E-state index is -4.44. The van der Waals surface area contributed by atoms with Crippen LogP contribution in [0.5, 0.6) is 0 Å². The summed E-state index contributed by atoms with van der Waals surface area (Å²) < 4.78 is 40.6. The molecule has 0 fully saturated rings. The van der Waals surface area contributed by atoms with E-state index < -0.39 is 17.1 Å². The molecule has 0 amide bonds. The second-order valence-corrected chi connectivity index (χ2v) is 8.14. The SMILES string of the molecule is Cc1sc(Br)cc1C(Cl)c1ccc(Br)cc1C(F)(F)F. The Morgan fingerprint density at radius 1 is 1.15 bits per heavy atom. The molecule has 0 bridgehead atoms. The monoisotopic (exact) mass is 446 g/mol. The Morgan fingerprint density at radius 2 is 1.80 bits per heavy atom. The Kier molecular flexibility index (Phi) is 4.89. The van der Waals surface area contributed by atoms with E-state index in [0.29, 0.717) is 10.0 Å². The molecule has 20 heavy (non-hydrogen) atoms. The van der Waals surface area contributed by atoms with Crippen LogP contribution in [0.15, 0.2) is 32.5 Å². The van der Waals surface area contributed by atoms with E-state index in [4.69, 9.17) is 11.6 Å². The number of hydrogen-bond donors (Lipinski definition) is 0. The lowest BCUT2D eigenvalue weighted by atomic mass is 9.99. The van der Waals surface area contributed by atoms with Crippen molar-refractivity contribution in [2.75, 3.05) is 0 Å². The van der Waals surface area contributed by atoms with Gasteiger partial charge in [0.25, 0.3) is 0 Å². The first-order valence-corrected chi connectivity index (χ1v) is 8.30. The highest BCUT2D eigenvalue weighted by Crippen LogP contribution is 2.43. The standard InChI is InChI=1S/C13H8Br2ClF3S/c1-6-9(5-11(15)20-6)12(16)8-3-2-7(14)4-10(8)13(17,18)19/h2-5,12H,1H3. The second-order valence-electron chi connectivity index (χ2n) is 4.15. The molecule has 0 spiro atoms. The Bertz CT molecular complexity index is 637. The van der Waals surface area contributed by atoms with Crippen molar-refractivity contribution in [3.63, 3.8) is 0 Å². The zero-order valence-corrected chi connectivity index (χ0v) is 14.8. The summed E-state index contributed by atoms with van der Waals surface area (Å²) in [6.07, 6.45) is -4.44. The highest BCUT2D eigenvalue weighted by molar-refractivity contribution is 9.11. The van der Waals surface area contributed by atoms with Crippen LogP contribution in [0, 0.1) is 6.92 Å². The van der Waals surface area contributed by atoms with E-state index in [1.807, 2.05) is 6.92 Å². The lowest BCUT2D eigenvalue weighted by molar-refractivity contribution is -0.138. The van der Waals surface area contributed by atoms with Crippen molar-refractivity contribution >= 4 is 54.8 Å². The average molecular weight is 449 g/mol. The van der Waals surface area contributed by atoms with E-state index in [2.05, 4.69) is 31.9 Å². The third-order valence-corrected chi connectivity index (χ3v) is 5.33. The smallest absolute Gasteiger partial charge is 0.166 e. The fourth-order valence-corrected chi connectivity index (χ4v) is 4.46. The van der Waals surface area contributed by atoms with Crippen LogP contribution in [0.25, 0.3) is 0 Å². The molecule has 1 atom stereocenters. The van der Waals surface area contributed by atoms with Gasteiger partial charge in [-0.05, 0) is 52.2 Å². The van der Waals surface area contributed by atoms with E-state index in [1.54, 1.807) is 12.1 Å². The number of aryl methyl sites for hydroxylation is 1. The van der Waals surface area contributed by atoms with Gasteiger partial charge in [0.05, 0.1) is 14.7 Å². The average Bonchev–Trinajstić information content (AvgIpc) is 2.66. The van der Waals surface area contributed by atoms with Crippen LogP contribution in [0.3, 0.4) is 0 Å². The first-order chi connectivity index (χ1) is 9.20. The summed E-state index contributed by atoms with van der Waals surface area (Å²) in [5.41, 5.74) is 0.0423. The van der Waals surface area contributed by atoms with Crippen molar-refractivity contribution < 1.29 is 13.2 Å². The van der Waals surface area contributed by atoms with Gasteiger partial charge >= 0.3 is 6.18 Å². The van der Waals surface area contributed by atoms with E-state index >= 15 is 0 Å². The molecular weight excluding hydrogens is 440 g/mol. The Morgan fingerprint density at radius 3 is 2.30 bits per heavy atom. The molecule has 108 valence electrons. The minimum absolute atomic E-state index is 0.0655. The normalized spacial score (nSPS) is 13.6. The largest absolute Gasteiger partial charge is 0.416 e. The van der Waals surface area contributed by atoms with Gasteiger partial charge in [0.15, 0.2) is 0 Å². The quantitative estimate of drug-likeness (QED) is 0.437. The van der Waals surface area contributed by atoms with Crippen molar-refractivity contribution in [3.05, 3.63) is 54.1 Å². The van der Waals surface area contributed by atoms with Crippen molar-refractivity contribution in [3.8, 4) is 0 Å². The van der Waals surface area contributed by atoms with E-state index in [1.165, 1.54) is 17.4 Å². The van der Waals surface area contributed by atoms with Gasteiger partial charge in [-0.1, -0.05) is 22.0 Å². The van der Waals surface area contributed by atoms with Crippen molar-refractivity contribution in [2.45, 2.75) is 18.5 Å². The summed E-state index contributed by atoms with van der Waals surface area (Å²) in [5, 5.41) is -0.831. The molecule has 7 heteroatoms. The molecule has 1 heterocycles. The lowest BCUT2D eigenvalue weighted by Crippen LogP contribution is -2.11. The summed E-state index contributed by atoms with van der Waals surface area (Å²) in [7, 11) is 0. The third-order valence-electron chi connectivity index (χ3n) is 2.79. The molecule has 0 N–H and O–H groups in total. The zero-order valence-electron chi connectivity index (χ0n) is 10.1. The fourth-order valence-electron chi connectivity index (χ4n) is 1.87. The van der Waals surface area contributed by atoms with Crippen molar-refractivity contribution in [1.82, 2.24) is 0 Å². The fraction of sp³-hybridized carbons (Fsp3) is 0.231. The molecule has 0 aliphatic carbocycles. The number of hydrogen-bond acceptors (Lipinski definition) is 1. The Labute approximate surface area is 140 Å². The molecule has 1 unspecified atom stereocenters. The molecule has 0 aliphatic heterocycles. The molecule has 2 aromatic rings. The number of thiophene rings is 1. The molecule has 1 aromatic heterocycles. The molecule has 0 aliphatic rings.